The molecule has 0 fully saturated rings. The molecule has 2 N–H and O–H groups in total. The van der Waals surface area contributed by atoms with Crippen molar-refractivity contribution in [2.24, 2.45) is 0 Å². The van der Waals surface area contributed by atoms with Gasteiger partial charge >= 0.3 is 0 Å². The van der Waals surface area contributed by atoms with E-state index < -0.39 is 0 Å². The van der Waals surface area contributed by atoms with Crippen molar-refractivity contribution in [1.82, 2.24) is 9.97 Å². The minimum Gasteiger partial charge on any atom is -0.368 e. The van der Waals surface area contributed by atoms with Crippen molar-refractivity contribution in [2.75, 3.05) is 17.2 Å². The minimum atomic E-state index is -0.0338. The molecule has 21 heavy (non-hydrogen) atoms. The zero-order chi connectivity index (χ0) is 15.2. The number of halogens is 1. The number of aryl methyl sites for hydroxylation is 2. The number of hydrogen-bond acceptors (Lipinski definition) is 4. The maximum absolute atomic E-state index is 11.9. The summed E-state index contributed by atoms with van der Waals surface area (Å²) in [6, 6.07) is 5.76. The summed E-state index contributed by atoms with van der Waals surface area (Å²) < 4.78 is 0.998. The smallest absolute Gasteiger partial charge is 0.226 e. The average molecular weight is 349 g/mol. The van der Waals surface area contributed by atoms with E-state index in [9.17, 15) is 4.79 Å². The number of nitrogens with zero attached hydrogens (tertiary/aromatic N) is 2. The lowest BCUT2D eigenvalue weighted by Crippen LogP contribution is -2.17. The lowest BCUT2D eigenvalue weighted by Gasteiger charge is -2.09. The van der Waals surface area contributed by atoms with E-state index in [1.807, 2.05) is 32.0 Å². The van der Waals surface area contributed by atoms with Crippen LogP contribution in [0.4, 0.5) is 11.5 Å². The molecule has 2 aromatic rings. The van der Waals surface area contributed by atoms with Crippen LogP contribution in [-0.4, -0.2) is 22.4 Å². The van der Waals surface area contributed by atoms with Gasteiger partial charge in [-0.2, -0.15) is 0 Å². The van der Waals surface area contributed by atoms with Crippen LogP contribution in [0.1, 0.15) is 17.7 Å². The largest absolute Gasteiger partial charge is 0.368 e. The van der Waals surface area contributed by atoms with Crippen LogP contribution in [0.5, 0.6) is 0 Å². The summed E-state index contributed by atoms with van der Waals surface area (Å²) in [6.45, 7) is 4.35. The highest BCUT2D eigenvalue weighted by molar-refractivity contribution is 9.10. The molecule has 0 spiro atoms. The van der Waals surface area contributed by atoms with Crippen LogP contribution < -0.4 is 10.6 Å². The van der Waals surface area contributed by atoms with Gasteiger partial charge in [0.15, 0.2) is 0 Å². The van der Waals surface area contributed by atoms with Gasteiger partial charge in [0.2, 0.25) is 5.91 Å². The minimum absolute atomic E-state index is 0.0338. The molecular weight excluding hydrogens is 332 g/mol. The second-order valence-electron chi connectivity index (χ2n) is 4.73. The molecule has 0 atom stereocenters. The molecule has 0 saturated carbocycles. The van der Waals surface area contributed by atoms with Crippen LogP contribution in [0.3, 0.4) is 0 Å². The van der Waals surface area contributed by atoms with E-state index in [1.54, 1.807) is 12.4 Å². The molecule has 0 unspecified atom stereocenters. The van der Waals surface area contributed by atoms with Gasteiger partial charge < -0.3 is 10.6 Å². The zero-order valence-electron chi connectivity index (χ0n) is 12.0. The van der Waals surface area contributed by atoms with Gasteiger partial charge in [0, 0.05) is 29.3 Å². The molecule has 0 bridgehead atoms. The Morgan fingerprint density at radius 2 is 2.10 bits per heavy atom. The Kier molecular flexibility index (Phi) is 5.27. The normalized spacial score (nSPS) is 10.2. The van der Waals surface area contributed by atoms with Crippen molar-refractivity contribution in [3.05, 3.63) is 46.3 Å². The summed E-state index contributed by atoms with van der Waals surface area (Å²) in [5, 5.41) is 5.98. The van der Waals surface area contributed by atoms with Gasteiger partial charge in [0.1, 0.15) is 5.82 Å². The van der Waals surface area contributed by atoms with E-state index in [0.717, 1.165) is 21.4 Å². The number of carbonyl (C=O) groups is 1. The maximum Gasteiger partial charge on any atom is 0.226 e. The van der Waals surface area contributed by atoms with Crippen LogP contribution >= 0.6 is 15.9 Å². The van der Waals surface area contributed by atoms with Crippen molar-refractivity contribution in [2.45, 2.75) is 20.3 Å². The van der Waals surface area contributed by atoms with Crippen molar-refractivity contribution in [3.8, 4) is 0 Å². The van der Waals surface area contributed by atoms with E-state index in [4.69, 9.17) is 0 Å². The van der Waals surface area contributed by atoms with E-state index in [-0.39, 0.29) is 5.91 Å². The first kappa shape index (κ1) is 15.4. The molecule has 1 heterocycles. The van der Waals surface area contributed by atoms with Gasteiger partial charge in [-0.3, -0.25) is 9.78 Å². The standard InChI is InChI=1S/C15H17BrN4O/c1-10-7-12(16)3-4-13(10)20-15(21)5-6-18-14-9-17-8-11(2)19-14/h3-4,7-9H,5-6H2,1-2H3,(H,18,19)(H,20,21). The second kappa shape index (κ2) is 7.17. The van der Waals surface area contributed by atoms with Crippen LogP contribution in [-0.2, 0) is 4.79 Å². The summed E-state index contributed by atoms with van der Waals surface area (Å²) in [5.74, 6) is 0.649. The molecule has 5 nitrogen and oxygen atoms in total. The fourth-order valence-electron chi connectivity index (χ4n) is 1.83. The summed E-state index contributed by atoms with van der Waals surface area (Å²) in [6.07, 6.45) is 3.70. The predicted molar refractivity (Wildman–Crippen MR) is 87.4 cm³/mol. The number of benzene rings is 1. The Hall–Kier alpha value is -1.95. The maximum atomic E-state index is 11.9. The summed E-state index contributed by atoms with van der Waals surface area (Å²) in [5.41, 5.74) is 2.70. The van der Waals surface area contributed by atoms with Gasteiger partial charge in [-0.25, -0.2) is 4.98 Å². The quantitative estimate of drug-likeness (QED) is 0.869. The highest BCUT2D eigenvalue weighted by atomic mass is 79.9. The summed E-state index contributed by atoms with van der Waals surface area (Å²) >= 11 is 3.40. The second-order valence-corrected chi connectivity index (χ2v) is 5.65. The van der Waals surface area contributed by atoms with E-state index >= 15 is 0 Å². The van der Waals surface area contributed by atoms with Gasteiger partial charge in [-0.05, 0) is 37.6 Å². The number of nitrogens with one attached hydrogen (secondary N) is 2. The molecule has 0 radical (unpaired) electrons. The van der Waals surface area contributed by atoms with E-state index in [1.165, 1.54) is 0 Å². The Bertz CT molecular complexity index is 645. The molecule has 2 rings (SSSR count). The fourth-order valence-corrected chi connectivity index (χ4v) is 2.31. The molecule has 1 aromatic heterocycles. The first-order valence-electron chi connectivity index (χ1n) is 6.63. The van der Waals surface area contributed by atoms with E-state index in [0.29, 0.717) is 18.8 Å². The molecule has 0 saturated heterocycles. The van der Waals surface area contributed by atoms with Gasteiger partial charge in [0.05, 0.1) is 11.9 Å². The average Bonchev–Trinajstić information content (AvgIpc) is 2.42. The molecule has 6 heteroatoms. The summed E-state index contributed by atoms with van der Waals surface area (Å²) in [4.78, 5) is 20.2. The molecule has 110 valence electrons. The third-order valence-electron chi connectivity index (χ3n) is 2.88. The number of hydrogen-bond donors (Lipinski definition) is 2. The SMILES string of the molecule is Cc1cncc(NCCC(=O)Nc2ccc(Br)cc2C)n1. The van der Waals surface area contributed by atoms with Crippen LogP contribution in [0.2, 0.25) is 0 Å². The fraction of sp³-hybridized carbons (Fsp3) is 0.267. The number of anilines is 2. The van der Waals surface area contributed by atoms with Crippen LogP contribution in [0, 0.1) is 13.8 Å². The number of aromatic nitrogens is 2. The predicted octanol–water partition coefficient (Wildman–Crippen LogP) is 3.30. The number of rotatable bonds is 5. The molecule has 1 amide bonds. The lowest BCUT2D eigenvalue weighted by atomic mass is 10.2. The van der Waals surface area contributed by atoms with Crippen LogP contribution in [0.25, 0.3) is 0 Å². The third-order valence-corrected chi connectivity index (χ3v) is 3.37. The molecule has 0 aliphatic rings. The molecule has 0 aliphatic heterocycles. The van der Waals surface area contributed by atoms with Gasteiger partial charge in [-0.1, -0.05) is 15.9 Å². The number of amides is 1. The highest BCUT2D eigenvalue weighted by Crippen LogP contribution is 2.20. The zero-order valence-corrected chi connectivity index (χ0v) is 13.6. The highest BCUT2D eigenvalue weighted by Gasteiger charge is 2.05. The van der Waals surface area contributed by atoms with Crippen molar-refractivity contribution in [3.63, 3.8) is 0 Å². The van der Waals surface area contributed by atoms with Crippen molar-refractivity contribution < 1.29 is 4.79 Å². The van der Waals surface area contributed by atoms with Crippen molar-refractivity contribution in [1.29, 1.82) is 0 Å². The van der Waals surface area contributed by atoms with Gasteiger partial charge in [-0.15, -0.1) is 0 Å². The Balaban J connectivity index is 1.82. The first-order chi connectivity index (χ1) is 10.0. The van der Waals surface area contributed by atoms with Gasteiger partial charge in [0.25, 0.3) is 0 Å². The Morgan fingerprint density at radius 3 is 2.81 bits per heavy atom. The monoisotopic (exact) mass is 348 g/mol. The Labute approximate surface area is 132 Å². The summed E-state index contributed by atoms with van der Waals surface area (Å²) in [7, 11) is 0. The Morgan fingerprint density at radius 1 is 1.29 bits per heavy atom. The molecule has 0 aliphatic carbocycles. The topological polar surface area (TPSA) is 66.9 Å². The molecule has 1 aromatic carbocycles. The van der Waals surface area contributed by atoms with E-state index in [2.05, 4.69) is 36.5 Å². The van der Waals surface area contributed by atoms with Crippen LogP contribution in [0.15, 0.2) is 35.1 Å². The molecular formula is C15H17BrN4O. The third kappa shape index (κ3) is 4.82. The van der Waals surface area contributed by atoms with Crippen molar-refractivity contribution >= 4 is 33.3 Å². The first-order valence-corrected chi connectivity index (χ1v) is 7.42. The number of carbonyl (C=O) groups excluding carboxylic acids is 1. The lowest BCUT2D eigenvalue weighted by molar-refractivity contribution is -0.115.